The molecule has 0 bridgehead atoms. The predicted octanol–water partition coefficient (Wildman–Crippen LogP) is 1.88. The number of rotatable bonds is 1. The molecule has 0 amide bonds. The van der Waals surface area contributed by atoms with Gasteiger partial charge in [-0.3, -0.25) is 0 Å². The number of nitrogens with zero attached hydrogens (tertiary/aromatic N) is 3. The lowest BCUT2D eigenvalue weighted by Gasteiger charge is -2.11. The van der Waals surface area contributed by atoms with Gasteiger partial charge in [-0.2, -0.15) is 0 Å². The third-order valence-electron chi connectivity index (χ3n) is 2.89. The monoisotopic (exact) mass is 187 g/mol. The lowest BCUT2D eigenvalue weighted by atomic mass is 10.3. The third kappa shape index (κ3) is 0.895. The summed E-state index contributed by atoms with van der Waals surface area (Å²) < 4.78 is 2.30. The molecular formula is C11H13N3. The Morgan fingerprint density at radius 2 is 2.14 bits per heavy atom. The van der Waals surface area contributed by atoms with E-state index < -0.39 is 0 Å². The molecule has 1 aliphatic rings. The number of fused-ring (bicyclic) bond motifs is 3. The molecule has 14 heavy (non-hydrogen) atoms. The third-order valence-corrected chi connectivity index (χ3v) is 2.89. The largest absolute Gasteiger partial charge is 0.341 e. The second-order valence-electron chi connectivity index (χ2n) is 3.63. The van der Waals surface area contributed by atoms with Crippen LogP contribution in [0.1, 0.15) is 6.92 Å². The van der Waals surface area contributed by atoms with Crippen LogP contribution < -0.4 is 4.90 Å². The van der Waals surface area contributed by atoms with E-state index in [1.807, 2.05) is 6.07 Å². The Labute approximate surface area is 83.0 Å². The Morgan fingerprint density at radius 1 is 1.29 bits per heavy atom. The van der Waals surface area contributed by atoms with Gasteiger partial charge in [0.2, 0.25) is 5.95 Å². The lowest BCUT2D eigenvalue weighted by molar-refractivity contribution is 0.798. The van der Waals surface area contributed by atoms with Gasteiger partial charge in [0.15, 0.2) is 0 Å². The van der Waals surface area contributed by atoms with E-state index in [0.717, 1.165) is 31.1 Å². The van der Waals surface area contributed by atoms with Crippen molar-refractivity contribution >= 4 is 17.0 Å². The molecule has 2 heterocycles. The molecule has 1 aliphatic heterocycles. The van der Waals surface area contributed by atoms with Gasteiger partial charge in [0.05, 0.1) is 11.0 Å². The molecule has 0 saturated carbocycles. The lowest BCUT2D eigenvalue weighted by Crippen LogP contribution is -2.19. The van der Waals surface area contributed by atoms with Crippen LogP contribution in [0.5, 0.6) is 0 Å². The topological polar surface area (TPSA) is 21.1 Å². The molecule has 3 heteroatoms. The van der Waals surface area contributed by atoms with Crippen molar-refractivity contribution < 1.29 is 0 Å². The van der Waals surface area contributed by atoms with Gasteiger partial charge in [0.25, 0.3) is 0 Å². The molecule has 2 aromatic rings. The fourth-order valence-corrected chi connectivity index (χ4v) is 2.14. The Balaban J connectivity index is 2.26. The summed E-state index contributed by atoms with van der Waals surface area (Å²) in [7, 11) is 0. The highest BCUT2D eigenvalue weighted by atomic mass is 15.4. The average Bonchev–Trinajstić information content (AvgIpc) is 2.75. The van der Waals surface area contributed by atoms with E-state index in [1.54, 1.807) is 0 Å². The van der Waals surface area contributed by atoms with Crippen molar-refractivity contribution in [3.05, 3.63) is 24.3 Å². The fraction of sp³-hybridized carbons (Fsp3) is 0.364. The quantitative estimate of drug-likeness (QED) is 0.679. The van der Waals surface area contributed by atoms with Crippen molar-refractivity contribution in [3.8, 4) is 0 Å². The zero-order chi connectivity index (χ0) is 9.54. The second kappa shape index (κ2) is 2.74. The van der Waals surface area contributed by atoms with E-state index in [-0.39, 0.29) is 0 Å². The smallest absolute Gasteiger partial charge is 0.206 e. The standard InChI is InChI=1S/C11H13N3/c1-2-13-7-8-14-10-6-4-3-5-9(10)12-11(13)14/h3-6H,2,7-8H2,1H3. The van der Waals surface area contributed by atoms with Gasteiger partial charge in [0.1, 0.15) is 0 Å². The maximum atomic E-state index is 4.63. The van der Waals surface area contributed by atoms with Crippen molar-refractivity contribution in [1.82, 2.24) is 9.55 Å². The second-order valence-corrected chi connectivity index (χ2v) is 3.63. The van der Waals surface area contributed by atoms with Crippen molar-refractivity contribution in [1.29, 1.82) is 0 Å². The molecule has 3 rings (SSSR count). The molecule has 3 nitrogen and oxygen atoms in total. The van der Waals surface area contributed by atoms with E-state index in [2.05, 4.69) is 39.6 Å². The summed E-state index contributed by atoms with van der Waals surface area (Å²) in [5.41, 5.74) is 2.37. The molecule has 72 valence electrons. The summed E-state index contributed by atoms with van der Waals surface area (Å²) in [6, 6.07) is 8.34. The van der Waals surface area contributed by atoms with E-state index in [9.17, 15) is 0 Å². The van der Waals surface area contributed by atoms with Crippen LogP contribution in [0.3, 0.4) is 0 Å². The molecule has 0 aliphatic carbocycles. The minimum Gasteiger partial charge on any atom is -0.341 e. The number of likely N-dealkylation sites (N-methyl/N-ethyl adjacent to an activating group) is 1. The van der Waals surface area contributed by atoms with Gasteiger partial charge in [-0.15, -0.1) is 0 Å². The Bertz CT molecular complexity index is 472. The molecule has 0 atom stereocenters. The van der Waals surface area contributed by atoms with Crippen molar-refractivity contribution in [2.75, 3.05) is 18.0 Å². The highest BCUT2D eigenvalue weighted by molar-refractivity contribution is 5.79. The summed E-state index contributed by atoms with van der Waals surface area (Å²) >= 11 is 0. The molecule has 0 saturated heterocycles. The van der Waals surface area contributed by atoms with Crippen molar-refractivity contribution in [3.63, 3.8) is 0 Å². The number of imidazole rings is 1. The average molecular weight is 187 g/mol. The van der Waals surface area contributed by atoms with E-state index in [1.165, 1.54) is 5.52 Å². The van der Waals surface area contributed by atoms with Crippen LogP contribution in [-0.2, 0) is 6.54 Å². The van der Waals surface area contributed by atoms with Crippen molar-refractivity contribution in [2.45, 2.75) is 13.5 Å². The minimum absolute atomic E-state index is 1.04. The molecule has 1 aromatic carbocycles. The van der Waals surface area contributed by atoms with Gasteiger partial charge in [-0.05, 0) is 19.1 Å². The summed E-state index contributed by atoms with van der Waals surface area (Å²) in [5, 5.41) is 0. The number of anilines is 1. The van der Waals surface area contributed by atoms with Crippen LogP contribution in [0.4, 0.5) is 5.95 Å². The molecule has 1 aromatic heterocycles. The van der Waals surface area contributed by atoms with Crippen molar-refractivity contribution in [2.24, 2.45) is 0 Å². The molecule has 0 N–H and O–H groups in total. The Hall–Kier alpha value is -1.51. The molecule has 0 fully saturated rings. The molecular weight excluding hydrogens is 174 g/mol. The van der Waals surface area contributed by atoms with Crippen LogP contribution in [-0.4, -0.2) is 22.6 Å². The van der Waals surface area contributed by atoms with Crippen LogP contribution in [0.15, 0.2) is 24.3 Å². The number of benzene rings is 1. The molecule has 0 spiro atoms. The first-order valence-corrected chi connectivity index (χ1v) is 5.10. The van der Waals surface area contributed by atoms with Crippen LogP contribution >= 0.6 is 0 Å². The van der Waals surface area contributed by atoms with Crippen LogP contribution in [0.25, 0.3) is 11.0 Å². The first-order chi connectivity index (χ1) is 6.90. The maximum absolute atomic E-state index is 4.63. The number of aromatic nitrogens is 2. The first kappa shape index (κ1) is 7.85. The number of hydrogen-bond acceptors (Lipinski definition) is 2. The van der Waals surface area contributed by atoms with Crippen LogP contribution in [0.2, 0.25) is 0 Å². The maximum Gasteiger partial charge on any atom is 0.206 e. The highest BCUT2D eigenvalue weighted by Crippen LogP contribution is 2.26. The van der Waals surface area contributed by atoms with Gasteiger partial charge >= 0.3 is 0 Å². The van der Waals surface area contributed by atoms with E-state index in [0.29, 0.717) is 0 Å². The molecule has 0 radical (unpaired) electrons. The summed E-state index contributed by atoms with van der Waals surface area (Å²) in [4.78, 5) is 6.95. The van der Waals surface area contributed by atoms with Gasteiger partial charge < -0.3 is 9.47 Å². The van der Waals surface area contributed by atoms with Gasteiger partial charge in [-0.1, -0.05) is 12.1 Å². The van der Waals surface area contributed by atoms with E-state index in [4.69, 9.17) is 0 Å². The Morgan fingerprint density at radius 3 is 3.00 bits per heavy atom. The number of para-hydroxylation sites is 2. The Kier molecular flexibility index (Phi) is 1.54. The van der Waals surface area contributed by atoms with Gasteiger partial charge in [0, 0.05) is 19.6 Å². The number of hydrogen-bond donors (Lipinski definition) is 0. The fourth-order valence-electron chi connectivity index (χ4n) is 2.14. The zero-order valence-corrected chi connectivity index (χ0v) is 8.27. The van der Waals surface area contributed by atoms with Gasteiger partial charge in [-0.25, -0.2) is 4.98 Å². The minimum atomic E-state index is 1.04. The first-order valence-electron chi connectivity index (χ1n) is 5.10. The SMILES string of the molecule is CCN1CCn2c1nc1ccccc12. The normalized spacial score (nSPS) is 15.1. The summed E-state index contributed by atoms with van der Waals surface area (Å²) in [6.07, 6.45) is 0. The predicted molar refractivity (Wildman–Crippen MR) is 57.6 cm³/mol. The zero-order valence-electron chi connectivity index (χ0n) is 8.27. The van der Waals surface area contributed by atoms with Crippen LogP contribution in [0, 0.1) is 0 Å². The summed E-state index contributed by atoms with van der Waals surface area (Å²) in [5.74, 6) is 1.13. The summed E-state index contributed by atoms with van der Waals surface area (Å²) in [6.45, 7) is 5.39. The van der Waals surface area contributed by atoms with E-state index >= 15 is 0 Å². The molecule has 0 unspecified atom stereocenters. The highest BCUT2D eigenvalue weighted by Gasteiger charge is 2.21.